The quantitative estimate of drug-likeness (QED) is 0.566. The molecule has 0 unspecified atom stereocenters. The summed E-state index contributed by atoms with van der Waals surface area (Å²) in [4.78, 5) is 29.5. The summed E-state index contributed by atoms with van der Waals surface area (Å²) >= 11 is 0. The standard InChI is InChI=1S/C24H35N3O3/c1-19(2)14-26(16-21-10-9-13-25(21)5)23(28)17-27(15-20(3)4)24(29)18-30-22-11-7-6-8-12-22/h6-13,19-20H,14-18H2,1-5H3. The molecule has 0 spiro atoms. The Labute approximate surface area is 180 Å². The Hall–Kier alpha value is -2.76. The van der Waals surface area contributed by atoms with E-state index in [2.05, 4.69) is 13.8 Å². The first-order valence-electron chi connectivity index (χ1n) is 10.6. The monoisotopic (exact) mass is 413 g/mol. The maximum atomic E-state index is 13.2. The lowest BCUT2D eigenvalue weighted by Gasteiger charge is -2.30. The number of hydrogen-bond acceptors (Lipinski definition) is 3. The number of nitrogens with zero attached hydrogens (tertiary/aromatic N) is 3. The van der Waals surface area contributed by atoms with Crippen molar-refractivity contribution in [2.45, 2.75) is 34.2 Å². The molecule has 0 aliphatic rings. The number of rotatable bonds is 11. The highest BCUT2D eigenvalue weighted by atomic mass is 16.5. The maximum absolute atomic E-state index is 13.2. The lowest BCUT2D eigenvalue weighted by Crippen LogP contribution is -2.46. The second-order valence-corrected chi connectivity index (χ2v) is 8.55. The highest BCUT2D eigenvalue weighted by molar-refractivity contribution is 5.85. The fraction of sp³-hybridized carbons (Fsp3) is 0.500. The summed E-state index contributed by atoms with van der Waals surface area (Å²) in [6.07, 6.45) is 1.98. The van der Waals surface area contributed by atoms with Gasteiger partial charge < -0.3 is 19.1 Å². The van der Waals surface area contributed by atoms with Crippen LogP contribution in [-0.4, -0.2) is 52.4 Å². The first-order chi connectivity index (χ1) is 14.3. The van der Waals surface area contributed by atoms with E-state index in [0.29, 0.717) is 31.3 Å². The predicted octanol–water partition coefficient (Wildman–Crippen LogP) is 3.57. The van der Waals surface area contributed by atoms with Crippen LogP contribution >= 0.6 is 0 Å². The molecule has 0 aliphatic carbocycles. The highest BCUT2D eigenvalue weighted by Gasteiger charge is 2.23. The minimum absolute atomic E-state index is 0.0430. The number of carbonyl (C=O) groups is 2. The van der Waals surface area contributed by atoms with Crippen molar-refractivity contribution in [3.63, 3.8) is 0 Å². The van der Waals surface area contributed by atoms with Gasteiger partial charge in [0.25, 0.3) is 5.91 Å². The van der Waals surface area contributed by atoms with Crippen LogP contribution in [0.3, 0.4) is 0 Å². The second-order valence-electron chi connectivity index (χ2n) is 8.55. The van der Waals surface area contributed by atoms with Crippen LogP contribution in [0, 0.1) is 11.8 Å². The topological polar surface area (TPSA) is 54.8 Å². The molecular weight excluding hydrogens is 378 g/mol. The van der Waals surface area contributed by atoms with Gasteiger partial charge in [0.15, 0.2) is 6.61 Å². The second kappa shape index (κ2) is 11.4. The average molecular weight is 414 g/mol. The first-order valence-corrected chi connectivity index (χ1v) is 10.6. The zero-order chi connectivity index (χ0) is 22.1. The van der Waals surface area contributed by atoms with E-state index in [-0.39, 0.29) is 30.9 Å². The zero-order valence-corrected chi connectivity index (χ0v) is 18.9. The number of aromatic nitrogens is 1. The van der Waals surface area contributed by atoms with Crippen molar-refractivity contribution in [1.29, 1.82) is 0 Å². The number of amides is 2. The lowest BCUT2D eigenvalue weighted by atomic mass is 10.2. The molecule has 0 N–H and O–H groups in total. The first kappa shape index (κ1) is 23.5. The van der Waals surface area contributed by atoms with Crippen molar-refractivity contribution in [1.82, 2.24) is 14.4 Å². The van der Waals surface area contributed by atoms with Gasteiger partial charge in [0.2, 0.25) is 5.91 Å². The van der Waals surface area contributed by atoms with Gasteiger partial charge in [0.1, 0.15) is 5.75 Å². The third-order valence-electron chi connectivity index (χ3n) is 4.71. The summed E-state index contributed by atoms with van der Waals surface area (Å²) in [5.41, 5.74) is 1.07. The molecule has 0 bridgehead atoms. The highest BCUT2D eigenvalue weighted by Crippen LogP contribution is 2.12. The van der Waals surface area contributed by atoms with Gasteiger partial charge in [0.05, 0.1) is 13.1 Å². The van der Waals surface area contributed by atoms with Crippen molar-refractivity contribution in [3.05, 3.63) is 54.4 Å². The van der Waals surface area contributed by atoms with E-state index in [4.69, 9.17) is 4.74 Å². The van der Waals surface area contributed by atoms with Crippen molar-refractivity contribution >= 4 is 11.8 Å². The van der Waals surface area contributed by atoms with Gasteiger partial charge in [-0.2, -0.15) is 0 Å². The van der Waals surface area contributed by atoms with E-state index < -0.39 is 0 Å². The van der Waals surface area contributed by atoms with Gasteiger partial charge >= 0.3 is 0 Å². The zero-order valence-electron chi connectivity index (χ0n) is 18.9. The molecule has 2 aromatic rings. The number of hydrogen-bond donors (Lipinski definition) is 0. The lowest BCUT2D eigenvalue weighted by molar-refractivity contribution is -0.142. The van der Waals surface area contributed by atoms with Crippen LogP contribution < -0.4 is 4.74 Å². The summed E-state index contributed by atoms with van der Waals surface area (Å²) in [5.74, 6) is 1.02. The Bertz CT molecular complexity index is 799. The Morgan fingerprint density at radius 3 is 2.10 bits per heavy atom. The number of aryl methyl sites for hydroxylation is 1. The van der Waals surface area contributed by atoms with Gasteiger partial charge in [-0.15, -0.1) is 0 Å². The molecule has 0 atom stereocenters. The minimum Gasteiger partial charge on any atom is -0.484 e. The summed E-state index contributed by atoms with van der Waals surface area (Å²) in [6, 6.07) is 13.2. The Kier molecular flexibility index (Phi) is 8.96. The van der Waals surface area contributed by atoms with Gasteiger partial charge in [-0.05, 0) is 36.1 Å². The van der Waals surface area contributed by atoms with E-state index in [0.717, 1.165) is 5.69 Å². The summed E-state index contributed by atoms with van der Waals surface area (Å²) in [6.45, 7) is 9.95. The number of carbonyl (C=O) groups excluding carboxylic acids is 2. The Morgan fingerprint density at radius 1 is 0.900 bits per heavy atom. The van der Waals surface area contributed by atoms with E-state index >= 15 is 0 Å². The molecule has 1 aromatic heterocycles. The van der Waals surface area contributed by atoms with Crippen LogP contribution in [0.4, 0.5) is 0 Å². The van der Waals surface area contributed by atoms with E-state index in [1.807, 2.05) is 79.0 Å². The molecule has 6 heteroatoms. The maximum Gasteiger partial charge on any atom is 0.260 e. The van der Waals surface area contributed by atoms with Crippen molar-refractivity contribution in [3.8, 4) is 5.75 Å². The molecule has 1 heterocycles. The molecule has 0 fully saturated rings. The van der Waals surface area contributed by atoms with Crippen LogP contribution in [0.15, 0.2) is 48.7 Å². The van der Waals surface area contributed by atoms with Crippen LogP contribution in [-0.2, 0) is 23.2 Å². The molecular formula is C24H35N3O3. The molecule has 30 heavy (non-hydrogen) atoms. The van der Waals surface area contributed by atoms with Crippen molar-refractivity contribution in [2.75, 3.05) is 26.2 Å². The van der Waals surface area contributed by atoms with Crippen LogP contribution in [0.5, 0.6) is 5.75 Å². The molecule has 6 nitrogen and oxygen atoms in total. The molecule has 0 saturated heterocycles. The summed E-state index contributed by atoms with van der Waals surface area (Å²) < 4.78 is 7.64. The van der Waals surface area contributed by atoms with E-state index in [1.165, 1.54) is 0 Å². The normalized spacial score (nSPS) is 11.0. The molecule has 0 radical (unpaired) electrons. The minimum atomic E-state index is -0.177. The third-order valence-corrected chi connectivity index (χ3v) is 4.71. The van der Waals surface area contributed by atoms with Crippen molar-refractivity contribution in [2.24, 2.45) is 18.9 Å². The molecule has 2 rings (SSSR count). The van der Waals surface area contributed by atoms with Crippen LogP contribution in [0.1, 0.15) is 33.4 Å². The van der Waals surface area contributed by atoms with Gasteiger partial charge in [0, 0.05) is 32.0 Å². The number of ether oxygens (including phenoxy) is 1. The summed E-state index contributed by atoms with van der Waals surface area (Å²) in [7, 11) is 1.98. The molecule has 0 aliphatic heterocycles. The average Bonchev–Trinajstić information content (AvgIpc) is 3.09. The molecule has 1 aromatic carbocycles. The van der Waals surface area contributed by atoms with Gasteiger partial charge in [-0.1, -0.05) is 45.9 Å². The number of para-hydroxylation sites is 1. The van der Waals surface area contributed by atoms with Gasteiger partial charge in [-0.3, -0.25) is 9.59 Å². The third kappa shape index (κ3) is 7.58. The number of benzene rings is 1. The predicted molar refractivity (Wildman–Crippen MR) is 119 cm³/mol. The summed E-state index contributed by atoms with van der Waals surface area (Å²) in [5, 5.41) is 0. The Balaban J connectivity index is 2.06. The largest absolute Gasteiger partial charge is 0.484 e. The van der Waals surface area contributed by atoms with Crippen LogP contribution in [0.2, 0.25) is 0 Å². The van der Waals surface area contributed by atoms with E-state index in [1.54, 1.807) is 4.90 Å². The van der Waals surface area contributed by atoms with Crippen LogP contribution in [0.25, 0.3) is 0 Å². The van der Waals surface area contributed by atoms with E-state index in [9.17, 15) is 9.59 Å². The van der Waals surface area contributed by atoms with Crippen molar-refractivity contribution < 1.29 is 14.3 Å². The fourth-order valence-corrected chi connectivity index (χ4v) is 3.26. The smallest absolute Gasteiger partial charge is 0.260 e. The molecule has 0 saturated carbocycles. The SMILES string of the molecule is CC(C)CN(CC(=O)N(Cc1cccn1C)CC(C)C)C(=O)COc1ccccc1. The molecule has 164 valence electrons. The Morgan fingerprint density at radius 2 is 1.53 bits per heavy atom. The molecule has 2 amide bonds. The fourth-order valence-electron chi connectivity index (χ4n) is 3.26. The van der Waals surface area contributed by atoms with Gasteiger partial charge in [-0.25, -0.2) is 0 Å².